The predicted molar refractivity (Wildman–Crippen MR) is 34.6 cm³/mol. The fourth-order valence-corrected chi connectivity index (χ4v) is 1.28. The summed E-state index contributed by atoms with van der Waals surface area (Å²) in [5, 5.41) is 26.6. The Hall–Kier alpha value is -0.160. The fraction of sp³-hybridized carbons (Fsp3) is 1.00. The van der Waals surface area contributed by atoms with Crippen molar-refractivity contribution in [2.45, 2.75) is 37.5 Å². The molecule has 0 heterocycles. The van der Waals surface area contributed by atoms with Crippen LogP contribution in [0.25, 0.3) is 0 Å². The summed E-state index contributed by atoms with van der Waals surface area (Å²) in [5.74, 6) is 0. The molecule has 0 amide bonds. The largest absolute Gasteiger partial charge is 0.393 e. The van der Waals surface area contributed by atoms with Gasteiger partial charge in [0.15, 0.2) is 0 Å². The topological polar surface area (TPSA) is 72.7 Å². The molecule has 1 aliphatic rings. The molecule has 0 spiro atoms. The molecule has 0 aliphatic heterocycles. The molecule has 60 valence electrons. The molecule has 3 atom stereocenters. The van der Waals surface area contributed by atoms with Gasteiger partial charge in [0.05, 0.1) is 18.2 Å². The summed E-state index contributed by atoms with van der Waals surface area (Å²) in [5.41, 5.74) is 2.01. The Morgan fingerprint density at radius 1 is 1.20 bits per heavy atom. The molecular formula is C6H13NO3. The van der Waals surface area contributed by atoms with Gasteiger partial charge in [-0.05, 0) is 12.8 Å². The van der Waals surface area contributed by atoms with E-state index in [4.69, 9.17) is 15.4 Å². The van der Waals surface area contributed by atoms with E-state index in [0.29, 0.717) is 19.3 Å². The van der Waals surface area contributed by atoms with Gasteiger partial charge in [-0.2, -0.15) is 5.48 Å². The van der Waals surface area contributed by atoms with Crippen LogP contribution >= 0.6 is 0 Å². The van der Waals surface area contributed by atoms with Gasteiger partial charge in [0.25, 0.3) is 0 Å². The van der Waals surface area contributed by atoms with Gasteiger partial charge in [0.1, 0.15) is 0 Å². The molecule has 1 fully saturated rings. The van der Waals surface area contributed by atoms with Crippen LogP contribution in [-0.4, -0.2) is 33.7 Å². The second kappa shape index (κ2) is 3.30. The lowest BCUT2D eigenvalue weighted by Gasteiger charge is -2.29. The zero-order chi connectivity index (χ0) is 7.56. The molecule has 10 heavy (non-hydrogen) atoms. The first-order valence-corrected chi connectivity index (χ1v) is 3.50. The SMILES string of the molecule is ONC1CCC(O)CC1O. The number of hydrogen-bond donors (Lipinski definition) is 4. The van der Waals surface area contributed by atoms with E-state index < -0.39 is 12.2 Å². The first-order valence-electron chi connectivity index (χ1n) is 3.50. The third-order valence-corrected chi connectivity index (χ3v) is 1.95. The molecule has 1 saturated carbocycles. The Bertz CT molecular complexity index is 109. The first-order chi connectivity index (χ1) is 4.74. The smallest absolute Gasteiger partial charge is 0.0740 e. The molecule has 4 N–H and O–H groups in total. The Morgan fingerprint density at radius 3 is 2.40 bits per heavy atom. The molecule has 0 aromatic rings. The monoisotopic (exact) mass is 147 g/mol. The van der Waals surface area contributed by atoms with Crippen LogP contribution in [0.5, 0.6) is 0 Å². The molecule has 0 radical (unpaired) electrons. The highest BCUT2D eigenvalue weighted by atomic mass is 16.5. The standard InChI is InChI=1S/C6H13NO3/c8-4-1-2-5(7-10)6(9)3-4/h4-10H,1-3H2. The second-order valence-corrected chi connectivity index (χ2v) is 2.77. The Balaban J connectivity index is 2.36. The Morgan fingerprint density at radius 2 is 1.90 bits per heavy atom. The molecule has 4 heteroatoms. The lowest BCUT2D eigenvalue weighted by Crippen LogP contribution is -2.44. The van der Waals surface area contributed by atoms with Gasteiger partial charge < -0.3 is 15.4 Å². The normalized spacial score (nSPS) is 41.7. The van der Waals surface area contributed by atoms with Crippen molar-refractivity contribution in [2.24, 2.45) is 0 Å². The van der Waals surface area contributed by atoms with Crippen LogP contribution in [0.4, 0.5) is 0 Å². The number of aliphatic hydroxyl groups is 2. The third kappa shape index (κ3) is 1.67. The number of aliphatic hydroxyl groups excluding tert-OH is 2. The van der Waals surface area contributed by atoms with E-state index >= 15 is 0 Å². The van der Waals surface area contributed by atoms with Gasteiger partial charge in [-0.15, -0.1) is 0 Å². The first kappa shape index (κ1) is 7.94. The maximum atomic E-state index is 9.16. The molecule has 0 aromatic carbocycles. The van der Waals surface area contributed by atoms with E-state index in [-0.39, 0.29) is 6.04 Å². The van der Waals surface area contributed by atoms with Gasteiger partial charge in [0.2, 0.25) is 0 Å². The van der Waals surface area contributed by atoms with Crippen molar-refractivity contribution in [3.05, 3.63) is 0 Å². The van der Waals surface area contributed by atoms with E-state index in [1.807, 2.05) is 5.48 Å². The minimum Gasteiger partial charge on any atom is -0.393 e. The van der Waals surface area contributed by atoms with Crippen molar-refractivity contribution in [1.82, 2.24) is 5.48 Å². The number of hydroxylamine groups is 1. The van der Waals surface area contributed by atoms with Crippen LogP contribution in [0, 0.1) is 0 Å². The maximum absolute atomic E-state index is 9.16. The number of hydrogen-bond acceptors (Lipinski definition) is 4. The van der Waals surface area contributed by atoms with Crippen molar-refractivity contribution in [2.75, 3.05) is 0 Å². The molecule has 0 aromatic heterocycles. The van der Waals surface area contributed by atoms with E-state index in [1.54, 1.807) is 0 Å². The highest BCUT2D eigenvalue weighted by Crippen LogP contribution is 2.18. The minimum absolute atomic E-state index is 0.261. The number of nitrogens with one attached hydrogen (secondary N) is 1. The molecular weight excluding hydrogens is 134 g/mol. The van der Waals surface area contributed by atoms with Gasteiger partial charge in [-0.1, -0.05) is 0 Å². The fourth-order valence-electron chi connectivity index (χ4n) is 1.28. The Kier molecular flexibility index (Phi) is 2.62. The molecule has 3 unspecified atom stereocenters. The van der Waals surface area contributed by atoms with E-state index in [9.17, 15) is 0 Å². The van der Waals surface area contributed by atoms with Crippen LogP contribution < -0.4 is 5.48 Å². The van der Waals surface area contributed by atoms with Crippen LogP contribution in [0.3, 0.4) is 0 Å². The van der Waals surface area contributed by atoms with Crippen molar-refractivity contribution < 1.29 is 15.4 Å². The summed E-state index contributed by atoms with van der Waals surface area (Å²) in [6.45, 7) is 0. The van der Waals surface area contributed by atoms with Crippen LogP contribution in [-0.2, 0) is 0 Å². The summed E-state index contributed by atoms with van der Waals surface area (Å²) in [7, 11) is 0. The number of rotatable bonds is 1. The summed E-state index contributed by atoms with van der Waals surface area (Å²) < 4.78 is 0. The summed E-state index contributed by atoms with van der Waals surface area (Å²) >= 11 is 0. The highest BCUT2D eigenvalue weighted by Gasteiger charge is 2.27. The molecule has 1 rings (SSSR count). The second-order valence-electron chi connectivity index (χ2n) is 2.77. The average Bonchev–Trinajstić information content (AvgIpc) is 1.88. The third-order valence-electron chi connectivity index (χ3n) is 1.95. The molecule has 4 nitrogen and oxygen atoms in total. The molecule has 0 saturated heterocycles. The zero-order valence-corrected chi connectivity index (χ0v) is 5.70. The molecule has 0 bridgehead atoms. The summed E-state index contributed by atoms with van der Waals surface area (Å²) in [4.78, 5) is 0. The van der Waals surface area contributed by atoms with E-state index in [1.165, 1.54) is 0 Å². The van der Waals surface area contributed by atoms with Crippen molar-refractivity contribution in [3.8, 4) is 0 Å². The molecule has 1 aliphatic carbocycles. The average molecular weight is 147 g/mol. The van der Waals surface area contributed by atoms with Gasteiger partial charge >= 0.3 is 0 Å². The zero-order valence-electron chi connectivity index (χ0n) is 5.70. The Labute approximate surface area is 59.4 Å². The van der Waals surface area contributed by atoms with Crippen molar-refractivity contribution in [1.29, 1.82) is 0 Å². The van der Waals surface area contributed by atoms with Gasteiger partial charge in [0, 0.05) is 6.42 Å². The van der Waals surface area contributed by atoms with Gasteiger partial charge in [-0.25, -0.2) is 0 Å². The summed E-state index contributed by atoms with van der Waals surface area (Å²) in [6, 6.07) is -0.261. The van der Waals surface area contributed by atoms with Crippen LogP contribution in [0.2, 0.25) is 0 Å². The van der Waals surface area contributed by atoms with Crippen molar-refractivity contribution >= 4 is 0 Å². The lowest BCUT2D eigenvalue weighted by atomic mass is 9.91. The van der Waals surface area contributed by atoms with E-state index in [0.717, 1.165) is 0 Å². The van der Waals surface area contributed by atoms with Crippen LogP contribution in [0.1, 0.15) is 19.3 Å². The van der Waals surface area contributed by atoms with Crippen molar-refractivity contribution in [3.63, 3.8) is 0 Å². The van der Waals surface area contributed by atoms with E-state index in [2.05, 4.69) is 0 Å². The lowest BCUT2D eigenvalue weighted by molar-refractivity contribution is -0.0241. The highest BCUT2D eigenvalue weighted by molar-refractivity contribution is 4.81. The predicted octanol–water partition coefficient (Wildman–Crippen LogP) is -0.761. The minimum atomic E-state index is -0.617. The van der Waals surface area contributed by atoms with Gasteiger partial charge in [-0.3, -0.25) is 0 Å². The quantitative estimate of drug-likeness (QED) is 0.368. The summed E-state index contributed by atoms with van der Waals surface area (Å²) in [6.07, 6.45) is 0.611. The maximum Gasteiger partial charge on any atom is 0.0740 e. The van der Waals surface area contributed by atoms with Crippen LogP contribution in [0.15, 0.2) is 0 Å².